The lowest BCUT2D eigenvalue weighted by Crippen LogP contribution is -1.96. The van der Waals surface area contributed by atoms with Crippen molar-refractivity contribution in [3.63, 3.8) is 0 Å². The summed E-state index contributed by atoms with van der Waals surface area (Å²) in [5, 5.41) is 9.63. The van der Waals surface area contributed by atoms with Crippen LogP contribution in [-0.2, 0) is 11.2 Å². The van der Waals surface area contributed by atoms with Gasteiger partial charge in [0.15, 0.2) is 11.3 Å². The lowest BCUT2D eigenvalue weighted by Gasteiger charge is -2.05. The third-order valence-electron chi connectivity index (χ3n) is 2.84. The highest BCUT2D eigenvalue weighted by molar-refractivity contribution is 5.84. The van der Waals surface area contributed by atoms with Gasteiger partial charge in [-0.15, -0.1) is 0 Å². The van der Waals surface area contributed by atoms with E-state index in [1.807, 2.05) is 25.1 Å². The molecule has 1 N–H and O–H groups in total. The van der Waals surface area contributed by atoms with Gasteiger partial charge in [-0.3, -0.25) is 4.79 Å². The van der Waals surface area contributed by atoms with Crippen LogP contribution in [0.3, 0.4) is 0 Å². The van der Waals surface area contributed by atoms with E-state index in [2.05, 4.69) is 0 Å². The fourth-order valence-corrected chi connectivity index (χ4v) is 2.05. The van der Waals surface area contributed by atoms with E-state index in [1.54, 1.807) is 7.11 Å². The Morgan fingerprint density at radius 2 is 2.17 bits per heavy atom. The molecular formula is C14H16O4. The first-order valence-corrected chi connectivity index (χ1v) is 5.89. The predicted octanol–water partition coefficient (Wildman–Crippen LogP) is 3.16. The summed E-state index contributed by atoms with van der Waals surface area (Å²) >= 11 is 0. The molecule has 1 aromatic carbocycles. The highest BCUT2D eigenvalue weighted by atomic mass is 16.5. The SMILES string of the molecule is COc1cc(CCCC(=O)O)cc2cc(C)oc12. The van der Waals surface area contributed by atoms with Gasteiger partial charge in [-0.2, -0.15) is 0 Å². The molecule has 0 atom stereocenters. The monoisotopic (exact) mass is 248 g/mol. The molecular weight excluding hydrogens is 232 g/mol. The molecule has 1 heterocycles. The Kier molecular flexibility index (Phi) is 3.55. The third-order valence-corrected chi connectivity index (χ3v) is 2.84. The van der Waals surface area contributed by atoms with Crippen LogP contribution in [0.15, 0.2) is 22.6 Å². The zero-order valence-electron chi connectivity index (χ0n) is 10.5. The zero-order valence-corrected chi connectivity index (χ0v) is 10.5. The summed E-state index contributed by atoms with van der Waals surface area (Å²) < 4.78 is 10.9. The highest BCUT2D eigenvalue weighted by Crippen LogP contribution is 2.30. The minimum atomic E-state index is -0.762. The standard InChI is InChI=1S/C14H16O4/c1-9-6-11-7-10(4-3-5-13(15)16)8-12(17-2)14(11)18-9/h6-8H,3-5H2,1-2H3,(H,15,16). The molecule has 18 heavy (non-hydrogen) atoms. The van der Waals surface area contributed by atoms with Crippen LogP contribution in [0.2, 0.25) is 0 Å². The van der Waals surface area contributed by atoms with E-state index in [1.165, 1.54) is 0 Å². The van der Waals surface area contributed by atoms with Crippen LogP contribution in [0.1, 0.15) is 24.2 Å². The second-order valence-electron chi connectivity index (χ2n) is 4.32. The molecule has 0 amide bonds. The van der Waals surface area contributed by atoms with Gasteiger partial charge in [0, 0.05) is 11.8 Å². The van der Waals surface area contributed by atoms with Crippen LogP contribution >= 0.6 is 0 Å². The number of ether oxygens (including phenoxy) is 1. The Morgan fingerprint density at radius 1 is 1.39 bits per heavy atom. The number of rotatable bonds is 5. The molecule has 0 aliphatic carbocycles. The summed E-state index contributed by atoms with van der Waals surface area (Å²) in [7, 11) is 1.60. The van der Waals surface area contributed by atoms with Gasteiger partial charge in [-0.1, -0.05) is 0 Å². The predicted molar refractivity (Wildman–Crippen MR) is 68.1 cm³/mol. The number of aliphatic carboxylic acids is 1. The molecule has 0 fully saturated rings. The van der Waals surface area contributed by atoms with Crippen molar-refractivity contribution < 1.29 is 19.1 Å². The number of hydrogen-bond acceptors (Lipinski definition) is 3. The third kappa shape index (κ3) is 2.64. The lowest BCUT2D eigenvalue weighted by atomic mass is 10.1. The Labute approximate surface area is 105 Å². The zero-order chi connectivity index (χ0) is 13.1. The minimum Gasteiger partial charge on any atom is -0.493 e. The molecule has 2 aromatic rings. The van der Waals surface area contributed by atoms with Crippen molar-refractivity contribution in [2.75, 3.05) is 7.11 Å². The maximum atomic E-state index is 10.5. The van der Waals surface area contributed by atoms with Crippen molar-refractivity contribution >= 4 is 16.9 Å². The molecule has 0 saturated heterocycles. The van der Waals surface area contributed by atoms with E-state index >= 15 is 0 Å². The normalized spacial score (nSPS) is 10.8. The molecule has 0 aliphatic rings. The number of hydrogen-bond donors (Lipinski definition) is 1. The fourth-order valence-electron chi connectivity index (χ4n) is 2.05. The molecule has 0 radical (unpaired) electrons. The number of aryl methyl sites for hydroxylation is 2. The molecule has 0 aliphatic heterocycles. The average molecular weight is 248 g/mol. The van der Waals surface area contributed by atoms with Gasteiger partial charge >= 0.3 is 5.97 Å². The summed E-state index contributed by atoms with van der Waals surface area (Å²) in [4.78, 5) is 10.5. The summed E-state index contributed by atoms with van der Waals surface area (Å²) in [5.41, 5.74) is 1.82. The van der Waals surface area contributed by atoms with Gasteiger partial charge in [0.1, 0.15) is 5.76 Å². The van der Waals surface area contributed by atoms with Crippen molar-refractivity contribution in [3.05, 3.63) is 29.5 Å². The van der Waals surface area contributed by atoms with Gasteiger partial charge in [0.2, 0.25) is 0 Å². The van der Waals surface area contributed by atoms with Gasteiger partial charge in [-0.25, -0.2) is 0 Å². The summed E-state index contributed by atoms with van der Waals surface area (Å²) in [6, 6.07) is 5.89. The summed E-state index contributed by atoms with van der Waals surface area (Å²) in [5.74, 6) is 0.777. The first kappa shape index (κ1) is 12.5. The molecule has 2 rings (SSSR count). The van der Waals surface area contributed by atoms with E-state index in [4.69, 9.17) is 14.3 Å². The van der Waals surface area contributed by atoms with Crippen LogP contribution in [-0.4, -0.2) is 18.2 Å². The first-order valence-electron chi connectivity index (χ1n) is 5.89. The second-order valence-corrected chi connectivity index (χ2v) is 4.32. The fraction of sp³-hybridized carbons (Fsp3) is 0.357. The first-order chi connectivity index (χ1) is 8.60. The number of carboxylic acids is 1. The van der Waals surface area contributed by atoms with Crippen LogP contribution in [0, 0.1) is 6.92 Å². The molecule has 0 bridgehead atoms. The quantitative estimate of drug-likeness (QED) is 0.882. The smallest absolute Gasteiger partial charge is 0.303 e. The Balaban J connectivity index is 2.26. The Hall–Kier alpha value is -1.97. The van der Waals surface area contributed by atoms with Crippen LogP contribution in [0.25, 0.3) is 11.0 Å². The Morgan fingerprint density at radius 3 is 2.83 bits per heavy atom. The molecule has 4 heteroatoms. The lowest BCUT2D eigenvalue weighted by molar-refractivity contribution is -0.137. The van der Waals surface area contributed by atoms with Crippen molar-refractivity contribution in [3.8, 4) is 5.75 Å². The average Bonchev–Trinajstić information content (AvgIpc) is 2.67. The summed E-state index contributed by atoms with van der Waals surface area (Å²) in [6.07, 6.45) is 1.54. The van der Waals surface area contributed by atoms with Crippen molar-refractivity contribution in [2.24, 2.45) is 0 Å². The molecule has 0 unspecified atom stereocenters. The molecule has 4 nitrogen and oxygen atoms in total. The van der Waals surface area contributed by atoms with Crippen LogP contribution in [0.4, 0.5) is 0 Å². The van der Waals surface area contributed by atoms with Crippen LogP contribution < -0.4 is 4.74 Å². The summed E-state index contributed by atoms with van der Waals surface area (Å²) in [6.45, 7) is 1.89. The number of furan rings is 1. The van der Waals surface area contributed by atoms with Gasteiger partial charge in [-0.05, 0) is 43.5 Å². The van der Waals surface area contributed by atoms with E-state index < -0.39 is 5.97 Å². The van der Waals surface area contributed by atoms with Gasteiger partial charge < -0.3 is 14.3 Å². The Bertz CT molecular complexity index is 568. The topological polar surface area (TPSA) is 59.7 Å². The van der Waals surface area contributed by atoms with Crippen molar-refractivity contribution in [1.29, 1.82) is 0 Å². The van der Waals surface area contributed by atoms with Crippen LogP contribution in [0.5, 0.6) is 5.75 Å². The number of fused-ring (bicyclic) bond motifs is 1. The maximum Gasteiger partial charge on any atom is 0.303 e. The van der Waals surface area contributed by atoms with E-state index in [0.717, 1.165) is 28.7 Å². The molecule has 96 valence electrons. The van der Waals surface area contributed by atoms with Gasteiger partial charge in [0.25, 0.3) is 0 Å². The number of carboxylic acid groups (broad SMARTS) is 1. The van der Waals surface area contributed by atoms with E-state index in [-0.39, 0.29) is 6.42 Å². The number of benzene rings is 1. The minimum absolute atomic E-state index is 0.185. The van der Waals surface area contributed by atoms with E-state index in [9.17, 15) is 4.79 Å². The molecule has 1 aromatic heterocycles. The van der Waals surface area contributed by atoms with E-state index in [0.29, 0.717) is 12.2 Å². The highest BCUT2D eigenvalue weighted by Gasteiger charge is 2.09. The second kappa shape index (κ2) is 5.12. The number of methoxy groups -OCH3 is 1. The largest absolute Gasteiger partial charge is 0.493 e. The molecule has 0 spiro atoms. The van der Waals surface area contributed by atoms with Crippen molar-refractivity contribution in [1.82, 2.24) is 0 Å². The van der Waals surface area contributed by atoms with Crippen molar-refractivity contribution in [2.45, 2.75) is 26.2 Å². The molecule has 0 saturated carbocycles. The maximum absolute atomic E-state index is 10.5. The number of carbonyl (C=O) groups is 1. The van der Waals surface area contributed by atoms with Gasteiger partial charge in [0.05, 0.1) is 7.11 Å².